The van der Waals surface area contributed by atoms with E-state index in [2.05, 4.69) is 26.3 Å². The van der Waals surface area contributed by atoms with Crippen molar-refractivity contribution >= 4 is 82.7 Å². The van der Waals surface area contributed by atoms with Crippen LogP contribution >= 0.6 is 23.5 Å². The van der Waals surface area contributed by atoms with Gasteiger partial charge in [-0.25, -0.2) is 9.59 Å². The molecule has 364 valence electrons. The minimum Gasteiger partial charge on any atom is -0.456 e. The van der Waals surface area contributed by atoms with E-state index in [4.69, 9.17) is 9.57 Å². The van der Waals surface area contributed by atoms with Gasteiger partial charge in [0.05, 0.1) is 23.3 Å². The molecule has 1 saturated carbocycles. The lowest BCUT2D eigenvalue weighted by Crippen LogP contribution is -2.57. The number of carbonyl (C=O) groups is 10. The Labute approximate surface area is 398 Å². The predicted octanol–water partition coefficient (Wildman–Crippen LogP) is 2.64. The first-order chi connectivity index (χ1) is 31.9. The van der Waals surface area contributed by atoms with E-state index in [1.807, 2.05) is 12.1 Å². The lowest BCUT2D eigenvalue weighted by atomic mass is 9.82. The quantitative estimate of drug-likeness (QED) is 0.0648. The van der Waals surface area contributed by atoms with Crippen LogP contribution in [0.5, 0.6) is 0 Å². The topological polar surface area (TPSA) is 257 Å². The van der Waals surface area contributed by atoms with Gasteiger partial charge in [0.2, 0.25) is 29.5 Å². The van der Waals surface area contributed by atoms with Gasteiger partial charge in [-0.1, -0.05) is 45.9 Å². The summed E-state index contributed by atoms with van der Waals surface area (Å²) >= 11 is 2.65. The zero-order valence-corrected chi connectivity index (χ0v) is 40.1. The molecule has 5 atom stereocenters. The van der Waals surface area contributed by atoms with Crippen LogP contribution in [0.2, 0.25) is 0 Å². The second-order valence-electron chi connectivity index (χ2n) is 17.6. The fourth-order valence-electron chi connectivity index (χ4n) is 7.89. The third kappa shape index (κ3) is 15.0. The number of cyclic esters (lactones) is 1. The second kappa shape index (κ2) is 25.0. The summed E-state index contributed by atoms with van der Waals surface area (Å²) in [6.45, 7) is 8.65. The van der Waals surface area contributed by atoms with Crippen molar-refractivity contribution in [3.8, 4) is 0 Å². The number of ether oxygens (including phenoxy) is 1. The Morgan fingerprint density at radius 3 is 2.22 bits per heavy atom. The number of aromatic nitrogens is 1. The van der Waals surface area contributed by atoms with E-state index in [9.17, 15) is 47.9 Å². The first-order valence-corrected chi connectivity index (χ1v) is 24.9. The molecule has 67 heavy (non-hydrogen) atoms. The van der Waals surface area contributed by atoms with Gasteiger partial charge >= 0.3 is 11.9 Å². The van der Waals surface area contributed by atoms with Crippen LogP contribution in [-0.2, 0) is 63.3 Å². The van der Waals surface area contributed by atoms with Gasteiger partial charge in [-0.3, -0.25) is 48.2 Å². The Bertz CT molecular complexity index is 2080. The summed E-state index contributed by atoms with van der Waals surface area (Å²) in [5.41, 5.74) is 0.624. The number of likely N-dealkylation sites (tertiary alicyclic amines) is 1. The number of nitrogens with zero attached hydrogens (tertiary/aromatic N) is 3. The average Bonchev–Trinajstić information content (AvgIpc) is 3.75. The van der Waals surface area contributed by atoms with Crippen molar-refractivity contribution in [2.75, 3.05) is 18.1 Å². The van der Waals surface area contributed by atoms with Crippen LogP contribution in [0.25, 0.3) is 0 Å². The normalized spacial score (nSPS) is 26.9. The highest BCUT2D eigenvalue weighted by Crippen LogP contribution is 2.33. The molecule has 0 spiro atoms. The van der Waals surface area contributed by atoms with Crippen molar-refractivity contribution < 1.29 is 57.5 Å². The highest BCUT2D eigenvalue weighted by Gasteiger charge is 2.42. The first-order valence-electron chi connectivity index (χ1n) is 22.7. The van der Waals surface area contributed by atoms with E-state index < -0.39 is 94.6 Å². The predicted molar refractivity (Wildman–Crippen MR) is 246 cm³/mol. The summed E-state index contributed by atoms with van der Waals surface area (Å²) in [6, 6.07) is 2.08. The second-order valence-corrected chi connectivity index (χ2v) is 19.9. The van der Waals surface area contributed by atoms with E-state index >= 15 is 0 Å². The smallest absolute Gasteiger partial charge is 0.336 e. The molecule has 5 rings (SSSR count). The molecule has 4 N–H and O–H groups in total. The van der Waals surface area contributed by atoms with E-state index in [1.54, 1.807) is 53.0 Å². The van der Waals surface area contributed by atoms with Crippen LogP contribution in [0.15, 0.2) is 48.3 Å². The molecule has 19 nitrogen and oxygen atoms in total. The van der Waals surface area contributed by atoms with Crippen molar-refractivity contribution in [2.24, 2.45) is 23.7 Å². The van der Waals surface area contributed by atoms with Crippen LogP contribution in [0.1, 0.15) is 98.1 Å². The van der Waals surface area contributed by atoms with Crippen molar-refractivity contribution in [2.45, 2.75) is 128 Å². The molecular weight excluding hydrogens is 907 g/mol. The number of hydrogen-bond acceptors (Lipinski definition) is 15. The number of esters is 1. The number of rotatable bonds is 15. The van der Waals surface area contributed by atoms with Gasteiger partial charge in [0.1, 0.15) is 29.9 Å². The number of amides is 8. The number of thioether (sulfide) groups is 2. The number of pyridine rings is 1. The van der Waals surface area contributed by atoms with Crippen LogP contribution in [0, 0.1) is 23.7 Å². The summed E-state index contributed by atoms with van der Waals surface area (Å²) in [4.78, 5) is 142. The van der Waals surface area contributed by atoms with E-state index in [0.29, 0.717) is 48.7 Å². The molecule has 4 fully saturated rings. The molecule has 4 heterocycles. The van der Waals surface area contributed by atoms with Crippen molar-refractivity contribution in [1.29, 1.82) is 0 Å². The summed E-state index contributed by atoms with van der Waals surface area (Å²) < 4.78 is 5.83. The molecular formula is C46H61N7O12S2. The van der Waals surface area contributed by atoms with Gasteiger partial charge in [0.25, 0.3) is 17.7 Å². The minimum atomic E-state index is -1.17. The summed E-state index contributed by atoms with van der Waals surface area (Å²) in [7, 11) is 0. The van der Waals surface area contributed by atoms with E-state index in [1.165, 1.54) is 40.6 Å². The lowest BCUT2D eigenvalue weighted by molar-refractivity contribution is -0.201. The zero-order chi connectivity index (χ0) is 48.8. The minimum absolute atomic E-state index is 0.00799. The molecule has 1 aliphatic carbocycles. The molecule has 1 aromatic rings. The highest BCUT2D eigenvalue weighted by atomic mass is 32.2. The molecule has 0 radical (unpaired) electrons. The molecule has 8 amide bonds. The SMILES string of the molecule is C/C=C1/NC(=O)[C@H](CSCc2ccccn2)NC(=O)[C@@H](C(C)C)NC(=O)C[C@H](/C=C/CCSC2CC(=O)N(CC3CCC(C(=O)ON4C(=O)CCC4=O)CC3)C2=O)OC(=O)[C@H](C(C)C)NC1=O. The molecule has 21 heteroatoms. The van der Waals surface area contributed by atoms with Gasteiger partial charge < -0.3 is 30.8 Å². The zero-order valence-electron chi connectivity index (χ0n) is 38.5. The number of nitrogens with one attached hydrogen (secondary N) is 4. The van der Waals surface area contributed by atoms with Crippen molar-refractivity contribution in [3.05, 3.63) is 54.0 Å². The highest BCUT2D eigenvalue weighted by molar-refractivity contribution is 8.00. The van der Waals surface area contributed by atoms with Crippen LogP contribution in [-0.4, -0.2) is 122 Å². The molecule has 0 aromatic carbocycles. The van der Waals surface area contributed by atoms with Crippen molar-refractivity contribution in [3.63, 3.8) is 0 Å². The molecule has 4 aliphatic rings. The fraction of sp³-hybridized carbons (Fsp3) is 0.587. The van der Waals surface area contributed by atoms with Gasteiger partial charge in [-0.05, 0) is 80.7 Å². The number of imide groups is 2. The van der Waals surface area contributed by atoms with Crippen molar-refractivity contribution in [1.82, 2.24) is 36.2 Å². The number of carbonyl (C=O) groups excluding carboxylic acids is 10. The maximum absolute atomic E-state index is 13.8. The summed E-state index contributed by atoms with van der Waals surface area (Å²) in [5.74, 6) is -6.22. The van der Waals surface area contributed by atoms with E-state index in [-0.39, 0.29) is 61.4 Å². The van der Waals surface area contributed by atoms with Crippen LogP contribution < -0.4 is 21.3 Å². The third-order valence-corrected chi connectivity index (χ3v) is 14.1. The van der Waals surface area contributed by atoms with Crippen LogP contribution in [0.3, 0.4) is 0 Å². The lowest BCUT2D eigenvalue weighted by Gasteiger charge is -2.30. The summed E-state index contributed by atoms with van der Waals surface area (Å²) in [6.07, 6.45) is 7.18. The van der Waals surface area contributed by atoms with Gasteiger partial charge in [-0.15, -0.1) is 16.8 Å². The molecule has 0 bridgehead atoms. The molecule has 1 aromatic heterocycles. The Morgan fingerprint density at radius 2 is 1.58 bits per heavy atom. The Kier molecular flexibility index (Phi) is 19.5. The number of hydrogen-bond donors (Lipinski definition) is 4. The molecule has 3 aliphatic heterocycles. The number of hydroxylamine groups is 2. The van der Waals surface area contributed by atoms with Crippen LogP contribution in [0.4, 0.5) is 0 Å². The Morgan fingerprint density at radius 1 is 0.881 bits per heavy atom. The third-order valence-electron chi connectivity index (χ3n) is 11.8. The van der Waals surface area contributed by atoms with Gasteiger partial charge in [0, 0.05) is 43.5 Å². The Hall–Kier alpha value is -5.57. The monoisotopic (exact) mass is 967 g/mol. The Balaban J connectivity index is 1.19. The number of allylic oxidation sites excluding steroid dienone is 2. The van der Waals surface area contributed by atoms with E-state index in [0.717, 1.165) is 5.69 Å². The maximum Gasteiger partial charge on any atom is 0.336 e. The first kappa shape index (κ1) is 52.4. The molecule has 3 saturated heterocycles. The maximum atomic E-state index is 13.8. The van der Waals surface area contributed by atoms with Gasteiger partial charge in [0.15, 0.2) is 0 Å². The largest absolute Gasteiger partial charge is 0.456 e. The standard InChI is InChI=1S/C46H61N7O12S2/c1-6-32-41(58)51-40(27(4)5)46(63)64-31(21-35(54)50-39(26(2)3)43(60)49-33(42(59)48-32)25-66-24-30-11-7-9-19-47-30)12-8-10-20-67-34-22-38(57)52(44(34)61)23-28-13-15-29(16-14-28)45(62)65-53-36(55)17-18-37(53)56/h6-9,11-12,19,26-29,31,33-34,39-40H,10,13-18,20-25H2,1-5H3,(H,48,59)(H,49,60)(H,50,54)(H,51,58)/b12-8+,32-6+/t28?,29?,31-,33-,34?,39+,40-/m0/s1. The van der Waals surface area contributed by atoms with Gasteiger partial charge in [-0.2, -0.15) is 11.8 Å². The fourth-order valence-corrected chi connectivity index (χ4v) is 9.94. The molecule has 1 unspecified atom stereocenters. The summed E-state index contributed by atoms with van der Waals surface area (Å²) in [5, 5.41) is 10.7. The average molecular weight is 968 g/mol.